The summed E-state index contributed by atoms with van der Waals surface area (Å²) in [5, 5.41) is 11.3. The van der Waals surface area contributed by atoms with Crippen molar-refractivity contribution < 1.29 is 19.5 Å². The average molecular weight is 300 g/mol. The van der Waals surface area contributed by atoms with E-state index >= 15 is 0 Å². The van der Waals surface area contributed by atoms with Gasteiger partial charge >= 0.3 is 5.97 Å². The maximum Gasteiger partial charge on any atom is 0.326 e. The van der Waals surface area contributed by atoms with Gasteiger partial charge in [0.05, 0.1) is 6.42 Å². The molecule has 1 heterocycles. The Balaban J connectivity index is 2.91. The second kappa shape index (κ2) is 6.85. The van der Waals surface area contributed by atoms with Gasteiger partial charge in [0.15, 0.2) is 0 Å². The van der Waals surface area contributed by atoms with Gasteiger partial charge in [-0.05, 0) is 18.6 Å². The summed E-state index contributed by atoms with van der Waals surface area (Å²) in [5.41, 5.74) is 5.71. The molecule has 1 aromatic rings. The fraction of sp³-hybridized carbons (Fsp3) is 0.333. The molecule has 0 bridgehead atoms. The summed E-state index contributed by atoms with van der Waals surface area (Å²) in [5.74, 6) is -2.81. The lowest BCUT2D eigenvalue weighted by Crippen LogP contribution is -2.43. The smallest absolute Gasteiger partial charge is 0.326 e. The van der Waals surface area contributed by atoms with E-state index in [1.165, 1.54) is 12.1 Å². The van der Waals surface area contributed by atoms with Crippen LogP contribution in [0.15, 0.2) is 12.1 Å². The highest BCUT2D eigenvalue weighted by Gasteiger charge is 2.23. The second-order valence-electron chi connectivity index (χ2n) is 4.06. The number of carbonyl (C=O) groups is 3. The Morgan fingerprint density at radius 2 is 2.10 bits per heavy atom. The first-order chi connectivity index (χ1) is 9.33. The first-order valence-electron chi connectivity index (χ1n) is 5.82. The Morgan fingerprint density at radius 3 is 2.60 bits per heavy atom. The number of hydrogen-bond donors (Lipinski definition) is 3. The number of carboxylic acid groups (broad SMARTS) is 1. The second-order valence-corrected chi connectivity index (χ2v) is 4.45. The van der Waals surface area contributed by atoms with Crippen LogP contribution < -0.4 is 11.1 Å². The normalized spacial score (nSPS) is 11.7. The van der Waals surface area contributed by atoms with E-state index in [1.54, 1.807) is 0 Å². The Bertz CT molecular complexity index is 548. The van der Waals surface area contributed by atoms with Crippen LogP contribution >= 0.6 is 11.6 Å². The third-order valence-corrected chi connectivity index (χ3v) is 2.67. The minimum absolute atomic E-state index is 0.135. The number of aryl methyl sites for hydroxylation is 1. The van der Waals surface area contributed by atoms with Crippen molar-refractivity contribution in [2.24, 2.45) is 5.73 Å². The number of aliphatic carboxylic acids is 1. The molecule has 0 aliphatic rings. The molecule has 20 heavy (non-hydrogen) atoms. The van der Waals surface area contributed by atoms with Crippen molar-refractivity contribution in [1.82, 2.24) is 10.3 Å². The predicted molar refractivity (Wildman–Crippen MR) is 71.3 cm³/mol. The standard InChI is InChI=1S/C12H14ClN3O4/c1-2-7-3-6(4-9(13)15-7)11(18)16-8(12(19)20)5-10(14)17/h3-4,8H,2,5H2,1H3,(H2,14,17)(H,16,18)(H,19,20)/t8-/m1/s1. The molecule has 0 fully saturated rings. The molecule has 1 atom stereocenters. The monoisotopic (exact) mass is 299 g/mol. The molecule has 0 aliphatic carbocycles. The number of primary amides is 1. The Morgan fingerprint density at radius 1 is 1.45 bits per heavy atom. The summed E-state index contributed by atoms with van der Waals surface area (Å²) < 4.78 is 0. The maximum atomic E-state index is 11.9. The molecule has 108 valence electrons. The van der Waals surface area contributed by atoms with Crippen LogP contribution in [0.1, 0.15) is 29.4 Å². The largest absolute Gasteiger partial charge is 0.480 e. The van der Waals surface area contributed by atoms with Crippen LogP contribution in [-0.4, -0.2) is 33.9 Å². The van der Waals surface area contributed by atoms with Gasteiger partial charge < -0.3 is 16.2 Å². The summed E-state index contributed by atoms with van der Waals surface area (Å²) in [6.45, 7) is 1.84. The van der Waals surface area contributed by atoms with E-state index < -0.39 is 30.2 Å². The van der Waals surface area contributed by atoms with E-state index in [2.05, 4.69) is 10.3 Å². The number of halogens is 1. The van der Waals surface area contributed by atoms with Crippen molar-refractivity contribution in [1.29, 1.82) is 0 Å². The van der Waals surface area contributed by atoms with Crippen LogP contribution in [0.25, 0.3) is 0 Å². The fourth-order valence-electron chi connectivity index (χ4n) is 1.51. The molecule has 7 nitrogen and oxygen atoms in total. The minimum Gasteiger partial charge on any atom is -0.480 e. The molecule has 8 heteroatoms. The van der Waals surface area contributed by atoms with Crippen LogP contribution in [0.2, 0.25) is 5.15 Å². The van der Waals surface area contributed by atoms with Crippen molar-refractivity contribution in [2.75, 3.05) is 0 Å². The summed E-state index contributed by atoms with van der Waals surface area (Å²) >= 11 is 5.77. The van der Waals surface area contributed by atoms with Crippen molar-refractivity contribution in [3.05, 3.63) is 28.5 Å². The molecule has 1 aromatic heterocycles. The Hall–Kier alpha value is -2.15. The Labute approximate surface area is 120 Å². The van der Waals surface area contributed by atoms with E-state index in [0.717, 1.165) is 0 Å². The van der Waals surface area contributed by atoms with Gasteiger partial charge in [0.2, 0.25) is 5.91 Å². The van der Waals surface area contributed by atoms with Gasteiger partial charge in [0.1, 0.15) is 11.2 Å². The predicted octanol–water partition coefficient (Wildman–Crippen LogP) is 0.356. The highest BCUT2D eigenvalue weighted by atomic mass is 35.5. The summed E-state index contributed by atoms with van der Waals surface area (Å²) in [4.78, 5) is 37.6. The van der Waals surface area contributed by atoms with Gasteiger partial charge in [-0.2, -0.15) is 0 Å². The number of carboxylic acids is 1. The van der Waals surface area contributed by atoms with Crippen molar-refractivity contribution in [3.8, 4) is 0 Å². The first kappa shape index (κ1) is 15.9. The number of aromatic nitrogens is 1. The molecular weight excluding hydrogens is 286 g/mol. The van der Waals surface area contributed by atoms with Crippen LogP contribution in [-0.2, 0) is 16.0 Å². The maximum absolute atomic E-state index is 11.9. The van der Waals surface area contributed by atoms with E-state index in [-0.39, 0.29) is 10.7 Å². The van der Waals surface area contributed by atoms with Crippen LogP contribution in [0.3, 0.4) is 0 Å². The molecule has 0 unspecified atom stereocenters. The zero-order chi connectivity index (χ0) is 15.3. The average Bonchev–Trinajstić information content (AvgIpc) is 2.36. The summed E-state index contributed by atoms with van der Waals surface area (Å²) in [7, 11) is 0. The van der Waals surface area contributed by atoms with Gasteiger partial charge in [-0.15, -0.1) is 0 Å². The molecule has 4 N–H and O–H groups in total. The number of rotatable bonds is 6. The summed E-state index contributed by atoms with van der Waals surface area (Å²) in [6.07, 6.45) is 0.0883. The number of nitrogens with one attached hydrogen (secondary N) is 1. The van der Waals surface area contributed by atoms with Crippen molar-refractivity contribution in [2.45, 2.75) is 25.8 Å². The van der Waals surface area contributed by atoms with Gasteiger partial charge in [-0.3, -0.25) is 9.59 Å². The van der Waals surface area contributed by atoms with Gasteiger partial charge in [-0.1, -0.05) is 18.5 Å². The Kier molecular flexibility index (Phi) is 5.45. The van der Waals surface area contributed by atoms with E-state index in [9.17, 15) is 14.4 Å². The molecule has 0 saturated heterocycles. The lowest BCUT2D eigenvalue weighted by Gasteiger charge is -2.13. The lowest BCUT2D eigenvalue weighted by atomic mass is 10.1. The number of hydrogen-bond acceptors (Lipinski definition) is 4. The molecule has 0 spiro atoms. The summed E-state index contributed by atoms with van der Waals surface area (Å²) in [6, 6.07) is 1.45. The van der Waals surface area contributed by atoms with Crippen molar-refractivity contribution in [3.63, 3.8) is 0 Å². The SMILES string of the molecule is CCc1cc(C(=O)N[C@H](CC(N)=O)C(=O)O)cc(Cl)n1. The number of carbonyl (C=O) groups excluding carboxylic acids is 2. The quantitative estimate of drug-likeness (QED) is 0.654. The highest BCUT2D eigenvalue weighted by molar-refractivity contribution is 6.29. The van der Waals surface area contributed by atoms with Crippen LogP contribution in [0.5, 0.6) is 0 Å². The van der Waals surface area contributed by atoms with Gasteiger partial charge in [0.25, 0.3) is 5.91 Å². The van der Waals surface area contributed by atoms with Crippen molar-refractivity contribution >= 4 is 29.4 Å². The zero-order valence-electron chi connectivity index (χ0n) is 10.7. The molecule has 0 aliphatic heterocycles. The van der Waals surface area contributed by atoms with Gasteiger partial charge in [0, 0.05) is 11.3 Å². The number of amides is 2. The molecule has 1 rings (SSSR count). The molecule has 0 aromatic carbocycles. The fourth-order valence-corrected chi connectivity index (χ4v) is 1.73. The van der Waals surface area contributed by atoms with E-state index in [4.69, 9.17) is 22.4 Å². The molecular formula is C12H14ClN3O4. The van der Waals surface area contributed by atoms with E-state index in [0.29, 0.717) is 12.1 Å². The molecule has 2 amide bonds. The highest BCUT2D eigenvalue weighted by Crippen LogP contribution is 2.12. The zero-order valence-corrected chi connectivity index (χ0v) is 11.5. The lowest BCUT2D eigenvalue weighted by molar-refractivity contribution is -0.140. The third-order valence-electron chi connectivity index (χ3n) is 2.48. The molecule has 0 radical (unpaired) electrons. The number of nitrogens with zero attached hydrogens (tertiary/aromatic N) is 1. The van der Waals surface area contributed by atoms with E-state index in [1.807, 2.05) is 6.92 Å². The number of nitrogens with two attached hydrogens (primary N) is 1. The topological polar surface area (TPSA) is 122 Å². The molecule has 0 saturated carbocycles. The van der Waals surface area contributed by atoms with Crippen LogP contribution in [0, 0.1) is 0 Å². The number of pyridine rings is 1. The first-order valence-corrected chi connectivity index (χ1v) is 6.19. The van der Waals surface area contributed by atoms with Gasteiger partial charge in [-0.25, -0.2) is 9.78 Å². The van der Waals surface area contributed by atoms with Crippen LogP contribution in [0.4, 0.5) is 0 Å². The third kappa shape index (κ3) is 4.51. The minimum atomic E-state index is -1.38.